The van der Waals surface area contributed by atoms with E-state index in [-0.39, 0.29) is 0 Å². The van der Waals surface area contributed by atoms with Gasteiger partial charge in [-0.15, -0.1) is 0 Å². The quantitative estimate of drug-likeness (QED) is 0.776. The molecule has 0 aliphatic heterocycles. The number of anilines is 1. The summed E-state index contributed by atoms with van der Waals surface area (Å²) in [6, 6.07) is 5.79. The Kier molecular flexibility index (Phi) is 4.14. The van der Waals surface area contributed by atoms with Crippen LogP contribution in [0.5, 0.6) is 0 Å². The number of benzene rings is 1. The summed E-state index contributed by atoms with van der Waals surface area (Å²) in [5, 5.41) is 0. The van der Waals surface area contributed by atoms with Crippen LogP contribution in [0.3, 0.4) is 0 Å². The fourth-order valence-corrected chi connectivity index (χ4v) is 2.59. The lowest BCUT2D eigenvalue weighted by atomic mass is 10.1. The zero-order chi connectivity index (χ0) is 10.6. The summed E-state index contributed by atoms with van der Waals surface area (Å²) in [6.45, 7) is 4.03. The zero-order valence-electron chi connectivity index (χ0n) is 8.75. The highest BCUT2D eigenvalue weighted by molar-refractivity contribution is 7.84. The van der Waals surface area contributed by atoms with Crippen LogP contribution in [0.25, 0.3) is 0 Å². The Balaban J connectivity index is 2.76. The van der Waals surface area contributed by atoms with Crippen LogP contribution in [0.4, 0.5) is 5.69 Å². The van der Waals surface area contributed by atoms with Gasteiger partial charge in [0.25, 0.3) is 0 Å². The van der Waals surface area contributed by atoms with E-state index in [0.29, 0.717) is 5.75 Å². The van der Waals surface area contributed by atoms with Crippen LogP contribution in [0.2, 0.25) is 0 Å². The number of rotatable bonds is 4. The van der Waals surface area contributed by atoms with Crippen molar-refractivity contribution in [3.63, 3.8) is 0 Å². The summed E-state index contributed by atoms with van der Waals surface area (Å²) in [6.07, 6.45) is 0.966. The van der Waals surface area contributed by atoms with Crippen molar-refractivity contribution in [2.75, 3.05) is 11.5 Å². The molecule has 0 radical (unpaired) electrons. The van der Waals surface area contributed by atoms with E-state index in [4.69, 9.17) is 5.73 Å². The van der Waals surface area contributed by atoms with E-state index in [2.05, 4.69) is 0 Å². The lowest BCUT2D eigenvalue weighted by Crippen LogP contribution is -2.03. The SMILES string of the molecule is CCCS(=O)Cc1cccc(N)c1C. The molecule has 0 aliphatic carbocycles. The normalized spacial score (nSPS) is 12.7. The van der Waals surface area contributed by atoms with Crippen LogP contribution in [0.1, 0.15) is 24.5 Å². The van der Waals surface area contributed by atoms with Gasteiger partial charge in [0, 0.05) is 28.0 Å². The summed E-state index contributed by atoms with van der Waals surface area (Å²) >= 11 is 0. The van der Waals surface area contributed by atoms with E-state index in [9.17, 15) is 4.21 Å². The highest BCUT2D eigenvalue weighted by Gasteiger charge is 2.05. The molecule has 0 bridgehead atoms. The van der Waals surface area contributed by atoms with E-state index in [1.54, 1.807) is 0 Å². The summed E-state index contributed by atoms with van der Waals surface area (Å²) in [5.74, 6) is 1.40. The van der Waals surface area contributed by atoms with Crippen LogP contribution >= 0.6 is 0 Å². The lowest BCUT2D eigenvalue weighted by molar-refractivity contribution is 0.681. The molecule has 0 aromatic heterocycles. The van der Waals surface area contributed by atoms with Crippen LogP contribution in [0.15, 0.2) is 18.2 Å². The van der Waals surface area contributed by atoms with Crippen molar-refractivity contribution in [2.24, 2.45) is 0 Å². The topological polar surface area (TPSA) is 43.1 Å². The van der Waals surface area contributed by atoms with Crippen molar-refractivity contribution >= 4 is 16.5 Å². The maximum absolute atomic E-state index is 11.5. The Morgan fingerprint density at radius 2 is 2.14 bits per heavy atom. The van der Waals surface area contributed by atoms with Crippen molar-refractivity contribution < 1.29 is 4.21 Å². The summed E-state index contributed by atoms with van der Waals surface area (Å²) in [5.41, 5.74) is 8.73. The molecule has 0 fully saturated rings. The van der Waals surface area contributed by atoms with Crippen molar-refractivity contribution in [3.05, 3.63) is 29.3 Å². The summed E-state index contributed by atoms with van der Waals surface area (Å²) in [4.78, 5) is 0. The minimum absolute atomic E-state index is 0.630. The predicted molar refractivity (Wildman–Crippen MR) is 62.6 cm³/mol. The molecule has 2 N–H and O–H groups in total. The molecule has 0 saturated heterocycles. The molecule has 0 amide bonds. The molecule has 78 valence electrons. The number of nitrogens with two attached hydrogens (primary N) is 1. The molecule has 1 aromatic rings. The van der Waals surface area contributed by atoms with Crippen molar-refractivity contribution in [1.29, 1.82) is 0 Å². The second-order valence-electron chi connectivity index (χ2n) is 3.42. The molecule has 1 aromatic carbocycles. The molecule has 3 heteroatoms. The molecule has 0 aliphatic rings. The Morgan fingerprint density at radius 1 is 1.43 bits per heavy atom. The van der Waals surface area contributed by atoms with Crippen LogP contribution in [0, 0.1) is 6.92 Å². The van der Waals surface area contributed by atoms with Gasteiger partial charge in [-0.2, -0.15) is 0 Å². The van der Waals surface area contributed by atoms with Gasteiger partial charge in [0.1, 0.15) is 0 Å². The van der Waals surface area contributed by atoms with Crippen molar-refractivity contribution in [1.82, 2.24) is 0 Å². The molecule has 14 heavy (non-hydrogen) atoms. The second kappa shape index (κ2) is 5.15. The number of nitrogen functional groups attached to an aromatic ring is 1. The molecule has 2 nitrogen and oxygen atoms in total. The number of hydrogen-bond donors (Lipinski definition) is 1. The lowest BCUT2D eigenvalue weighted by Gasteiger charge is -2.07. The van der Waals surface area contributed by atoms with E-state index >= 15 is 0 Å². The second-order valence-corrected chi connectivity index (χ2v) is 5.00. The maximum Gasteiger partial charge on any atom is 0.0489 e. The third-order valence-electron chi connectivity index (χ3n) is 2.24. The monoisotopic (exact) mass is 211 g/mol. The van der Waals surface area contributed by atoms with E-state index in [1.807, 2.05) is 32.0 Å². The molecule has 1 unspecified atom stereocenters. The standard InChI is InChI=1S/C11H17NOS/c1-3-7-14(13)8-10-5-4-6-11(12)9(10)2/h4-6H,3,7-8,12H2,1-2H3. The predicted octanol–water partition coefficient (Wildman–Crippen LogP) is 2.24. The smallest absolute Gasteiger partial charge is 0.0489 e. The van der Waals surface area contributed by atoms with Gasteiger partial charge >= 0.3 is 0 Å². The molecule has 0 heterocycles. The Labute approximate surface area is 88.0 Å². The van der Waals surface area contributed by atoms with Gasteiger partial charge in [-0.25, -0.2) is 0 Å². The number of hydrogen-bond acceptors (Lipinski definition) is 2. The third kappa shape index (κ3) is 2.84. The van der Waals surface area contributed by atoms with Gasteiger partial charge in [0.05, 0.1) is 0 Å². The Hall–Kier alpha value is -0.830. The molecular formula is C11H17NOS. The van der Waals surface area contributed by atoms with Gasteiger partial charge in [-0.3, -0.25) is 4.21 Å². The van der Waals surface area contributed by atoms with Crippen LogP contribution in [-0.2, 0) is 16.6 Å². The van der Waals surface area contributed by atoms with Gasteiger partial charge in [-0.1, -0.05) is 19.1 Å². The first kappa shape index (κ1) is 11.2. The average molecular weight is 211 g/mol. The molecular weight excluding hydrogens is 194 g/mol. The van der Waals surface area contributed by atoms with Crippen LogP contribution < -0.4 is 5.73 Å². The first-order chi connectivity index (χ1) is 6.65. The Bertz CT molecular complexity index is 336. The zero-order valence-corrected chi connectivity index (χ0v) is 9.56. The summed E-state index contributed by atoms with van der Waals surface area (Å²) < 4.78 is 11.5. The van der Waals surface area contributed by atoms with E-state index in [1.165, 1.54) is 0 Å². The minimum atomic E-state index is -0.745. The average Bonchev–Trinajstić information content (AvgIpc) is 2.13. The van der Waals surface area contributed by atoms with E-state index < -0.39 is 10.8 Å². The summed E-state index contributed by atoms with van der Waals surface area (Å²) in [7, 11) is -0.745. The van der Waals surface area contributed by atoms with Gasteiger partial charge in [0.15, 0.2) is 0 Å². The molecule has 0 saturated carbocycles. The Morgan fingerprint density at radius 3 is 2.79 bits per heavy atom. The minimum Gasteiger partial charge on any atom is -0.399 e. The van der Waals surface area contributed by atoms with Crippen LogP contribution in [-0.4, -0.2) is 9.96 Å². The first-order valence-electron chi connectivity index (χ1n) is 4.84. The molecule has 0 spiro atoms. The molecule has 1 atom stereocenters. The first-order valence-corrected chi connectivity index (χ1v) is 6.33. The van der Waals surface area contributed by atoms with Crippen molar-refractivity contribution in [3.8, 4) is 0 Å². The molecule has 1 rings (SSSR count). The van der Waals surface area contributed by atoms with Gasteiger partial charge in [0.2, 0.25) is 0 Å². The van der Waals surface area contributed by atoms with Gasteiger partial charge < -0.3 is 5.73 Å². The van der Waals surface area contributed by atoms with E-state index in [0.717, 1.165) is 29.0 Å². The highest BCUT2D eigenvalue weighted by Crippen LogP contribution is 2.17. The largest absolute Gasteiger partial charge is 0.399 e. The van der Waals surface area contributed by atoms with Gasteiger partial charge in [-0.05, 0) is 30.5 Å². The fourth-order valence-electron chi connectivity index (χ4n) is 1.33. The third-order valence-corrected chi connectivity index (χ3v) is 3.73. The highest BCUT2D eigenvalue weighted by atomic mass is 32.2. The fraction of sp³-hybridized carbons (Fsp3) is 0.455. The maximum atomic E-state index is 11.5. The van der Waals surface area contributed by atoms with Crippen molar-refractivity contribution in [2.45, 2.75) is 26.0 Å².